The molecule has 3 N–H and O–H groups in total. The molecule has 4 aromatic rings. The SMILES string of the molecule is CN(C)CCOc1ccc(NC(=O)/C(=C(\c2ccccc2)c2ccc(O)cc2)c2ccc(O)cc2)cc1. The predicted molar refractivity (Wildman–Crippen MR) is 148 cm³/mol. The Balaban J connectivity index is 1.75. The van der Waals surface area contributed by atoms with Gasteiger partial charge < -0.3 is 25.2 Å². The molecular weight excluding hydrogens is 464 g/mol. The number of ether oxygens (including phenoxy) is 1. The first-order valence-electron chi connectivity index (χ1n) is 12.0. The highest BCUT2D eigenvalue weighted by Gasteiger charge is 2.21. The van der Waals surface area contributed by atoms with E-state index in [1.807, 2.05) is 61.5 Å². The topological polar surface area (TPSA) is 82.0 Å². The van der Waals surface area contributed by atoms with Gasteiger partial charge in [-0.2, -0.15) is 0 Å². The van der Waals surface area contributed by atoms with Gasteiger partial charge >= 0.3 is 0 Å². The Bertz CT molecular complexity index is 1350. The summed E-state index contributed by atoms with van der Waals surface area (Å²) < 4.78 is 5.76. The van der Waals surface area contributed by atoms with Crippen molar-refractivity contribution in [3.63, 3.8) is 0 Å². The van der Waals surface area contributed by atoms with Crippen LogP contribution in [0, 0.1) is 0 Å². The molecule has 4 aromatic carbocycles. The van der Waals surface area contributed by atoms with E-state index in [-0.39, 0.29) is 17.4 Å². The molecule has 1 amide bonds. The molecule has 4 rings (SSSR count). The molecule has 0 fully saturated rings. The van der Waals surface area contributed by atoms with Crippen LogP contribution >= 0.6 is 0 Å². The summed E-state index contributed by atoms with van der Waals surface area (Å²) >= 11 is 0. The molecule has 37 heavy (non-hydrogen) atoms. The van der Waals surface area contributed by atoms with Crippen molar-refractivity contribution in [1.82, 2.24) is 4.90 Å². The number of nitrogens with one attached hydrogen (secondary N) is 1. The first kappa shape index (κ1) is 25.5. The van der Waals surface area contributed by atoms with E-state index in [0.29, 0.717) is 29.0 Å². The van der Waals surface area contributed by atoms with E-state index in [1.165, 1.54) is 0 Å². The minimum atomic E-state index is -0.307. The number of amides is 1. The van der Waals surface area contributed by atoms with E-state index >= 15 is 0 Å². The number of benzene rings is 4. The molecule has 0 aliphatic rings. The van der Waals surface area contributed by atoms with Crippen molar-refractivity contribution < 1.29 is 19.7 Å². The number of hydrogen-bond acceptors (Lipinski definition) is 5. The minimum Gasteiger partial charge on any atom is -0.508 e. The Morgan fingerprint density at radius 1 is 0.730 bits per heavy atom. The Hall–Kier alpha value is -4.55. The Labute approximate surface area is 217 Å². The third kappa shape index (κ3) is 6.78. The smallest absolute Gasteiger partial charge is 0.256 e. The largest absolute Gasteiger partial charge is 0.508 e. The summed E-state index contributed by atoms with van der Waals surface area (Å²) in [4.78, 5) is 15.9. The van der Waals surface area contributed by atoms with Gasteiger partial charge in [0.1, 0.15) is 23.9 Å². The second-order valence-electron chi connectivity index (χ2n) is 8.84. The Morgan fingerprint density at radius 3 is 1.84 bits per heavy atom. The van der Waals surface area contributed by atoms with Crippen molar-refractivity contribution in [2.24, 2.45) is 0 Å². The van der Waals surface area contributed by atoms with Crippen molar-refractivity contribution in [2.45, 2.75) is 0 Å². The van der Waals surface area contributed by atoms with E-state index in [9.17, 15) is 15.0 Å². The standard InChI is InChI=1S/C31H30N2O4/c1-33(2)20-21-37-28-18-12-25(13-19-28)32-31(36)30(24-10-16-27(35)17-11-24)29(22-6-4-3-5-7-22)23-8-14-26(34)15-9-23/h3-19,34-35H,20-21H2,1-2H3,(H,32,36)/b30-29+. The number of hydrogen-bond donors (Lipinski definition) is 3. The van der Waals surface area contributed by atoms with Gasteiger partial charge in [0.2, 0.25) is 0 Å². The summed E-state index contributed by atoms with van der Waals surface area (Å²) in [5, 5.41) is 22.8. The summed E-state index contributed by atoms with van der Waals surface area (Å²) in [6, 6.07) is 30.2. The Kier molecular flexibility index (Phi) is 8.23. The quantitative estimate of drug-likeness (QED) is 0.207. The lowest BCUT2D eigenvalue weighted by Crippen LogP contribution is -2.19. The van der Waals surface area contributed by atoms with Gasteiger partial charge in [-0.3, -0.25) is 4.79 Å². The molecule has 0 bridgehead atoms. The number of nitrogens with zero attached hydrogens (tertiary/aromatic N) is 1. The first-order chi connectivity index (χ1) is 17.9. The zero-order valence-electron chi connectivity index (χ0n) is 20.9. The zero-order valence-corrected chi connectivity index (χ0v) is 20.9. The number of aromatic hydroxyl groups is 2. The van der Waals surface area contributed by atoms with Gasteiger partial charge in [0.05, 0.1) is 5.57 Å². The summed E-state index contributed by atoms with van der Waals surface area (Å²) in [7, 11) is 3.98. The van der Waals surface area contributed by atoms with Crippen LogP contribution in [0.2, 0.25) is 0 Å². The number of likely N-dealkylation sites (N-methyl/N-ethyl adjacent to an activating group) is 1. The van der Waals surface area contributed by atoms with Crippen molar-refractivity contribution in [1.29, 1.82) is 0 Å². The Morgan fingerprint density at radius 2 is 1.27 bits per heavy atom. The minimum absolute atomic E-state index is 0.110. The van der Waals surface area contributed by atoms with Gasteiger partial charge in [-0.05, 0) is 79.3 Å². The molecule has 0 heterocycles. The van der Waals surface area contributed by atoms with E-state index in [0.717, 1.165) is 23.4 Å². The average Bonchev–Trinajstić information content (AvgIpc) is 2.90. The monoisotopic (exact) mass is 494 g/mol. The van der Waals surface area contributed by atoms with Gasteiger partial charge in [0.15, 0.2) is 0 Å². The summed E-state index contributed by atoms with van der Waals surface area (Å²) in [5.74, 6) is 0.668. The highest BCUT2D eigenvalue weighted by Crippen LogP contribution is 2.34. The lowest BCUT2D eigenvalue weighted by molar-refractivity contribution is -0.111. The fraction of sp³-hybridized carbons (Fsp3) is 0.129. The first-order valence-corrected chi connectivity index (χ1v) is 12.0. The van der Waals surface area contributed by atoms with Crippen molar-refractivity contribution in [2.75, 3.05) is 32.6 Å². The number of carbonyl (C=O) groups is 1. The molecule has 0 saturated carbocycles. The zero-order chi connectivity index (χ0) is 26.2. The molecule has 188 valence electrons. The van der Waals surface area contributed by atoms with Gasteiger partial charge in [-0.25, -0.2) is 0 Å². The van der Waals surface area contributed by atoms with Gasteiger partial charge in [-0.1, -0.05) is 54.6 Å². The molecule has 0 unspecified atom stereocenters. The van der Waals surface area contributed by atoms with Gasteiger partial charge in [0.25, 0.3) is 5.91 Å². The van der Waals surface area contributed by atoms with Crippen molar-refractivity contribution in [3.05, 3.63) is 120 Å². The molecule has 6 nitrogen and oxygen atoms in total. The molecule has 6 heteroatoms. The molecule has 0 aliphatic carbocycles. The van der Waals surface area contributed by atoms with E-state index in [1.54, 1.807) is 60.7 Å². The average molecular weight is 495 g/mol. The third-order valence-electron chi connectivity index (χ3n) is 5.77. The second-order valence-corrected chi connectivity index (χ2v) is 8.84. The maximum atomic E-state index is 13.9. The summed E-state index contributed by atoms with van der Waals surface area (Å²) in [6.07, 6.45) is 0. The lowest BCUT2D eigenvalue weighted by Gasteiger charge is -2.18. The lowest BCUT2D eigenvalue weighted by atomic mass is 9.89. The summed E-state index contributed by atoms with van der Waals surface area (Å²) in [6.45, 7) is 1.37. The molecule has 0 atom stereocenters. The second kappa shape index (κ2) is 11.9. The van der Waals surface area contributed by atoms with Crippen LogP contribution in [0.4, 0.5) is 5.69 Å². The number of carbonyl (C=O) groups excluding carboxylic acids is 1. The van der Waals surface area contributed by atoms with Crippen molar-refractivity contribution >= 4 is 22.7 Å². The number of anilines is 1. The van der Waals surface area contributed by atoms with Crippen LogP contribution in [0.5, 0.6) is 17.2 Å². The molecule has 0 radical (unpaired) electrons. The highest BCUT2D eigenvalue weighted by molar-refractivity contribution is 6.33. The maximum absolute atomic E-state index is 13.9. The van der Waals surface area contributed by atoms with E-state index in [2.05, 4.69) is 5.32 Å². The molecule has 0 aromatic heterocycles. The fourth-order valence-electron chi connectivity index (χ4n) is 3.88. The van der Waals surface area contributed by atoms with Gasteiger partial charge in [-0.15, -0.1) is 0 Å². The fourth-order valence-corrected chi connectivity index (χ4v) is 3.88. The molecular formula is C31H30N2O4. The van der Waals surface area contributed by atoms with Crippen LogP contribution in [0.15, 0.2) is 103 Å². The summed E-state index contributed by atoms with van der Waals surface area (Å²) in [5.41, 5.74) is 4.02. The van der Waals surface area contributed by atoms with Crippen LogP contribution < -0.4 is 10.1 Å². The molecule has 0 aliphatic heterocycles. The third-order valence-corrected chi connectivity index (χ3v) is 5.77. The highest BCUT2D eigenvalue weighted by atomic mass is 16.5. The van der Waals surface area contributed by atoms with Crippen LogP contribution in [-0.2, 0) is 4.79 Å². The van der Waals surface area contributed by atoms with E-state index < -0.39 is 0 Å². The number of phenolic OH excluding ortho intramolecular Hbond substituents is 2. The maximum Gasteiger partial charge on any atom is 0.256 e. The predicted octanol–water partition coefficient (Wildman–Crippen LogP) is 5.64. The van der Waals surface area contributed by atoms with Crippen LogP contribution in [0.3, 0.4) is 0 Å². The van der Waals surface area contributed by atoms with E-state index in [4.69, 9.17) is 4.74 Å². The number of rotatable bonds is 9. The number of phenols is 2. The van der Waals surface area contributed by atoms with Crippen molar-refractivity contribution in [3.8, 4) is 17.2 Å². The van der Waals surface area contributed by atoms with Gasteiger partial charge in [0, 0.05) is 17.8 Å². The molecule has 0 spiro atoms. The normalized spacial score (nSPS) is 11.6. The molecule has 0 saturated heterocycles. The van der Waals surface area contributed by atoms with Crippen LogP contribution in [-0.4, -0.2) is 48.3 Å². The van der Waals surface area contributed by atoms with Crippen LogP contribution in [0.1, 0.15) is 16.7 Å². The van der Waals surface area contributed by atoms with Crippen LogP contribution in [0.25, 0.3) is 11.1 Å².